The number of likely N-dealkylation sites (tertiary alicyclic amines) is 1. The number of aryl methyl sites for hydroxylation is 1. The van der Waals surface area contributed by atoms with Gasteiger partial charge in [0.15, 0.2) is 0 Å². The number of hydrogen-bond acceptors (Lipinski definition) is 6. The molecular formula is C20H25N5O4. The normalized spacial score (nSPS) is 22.5. The zero-order chi connectivity index (χ0) is 20.4. The Morgan fingerprint density at radius 3 is 3.00 bits per heavy atom. The van der Waals surface area contributed by atoms with Crippen molar-refractivity contribution in [2.45, 2.75) is 31.8 Å². The smallest absolute Gasteiger partial charge is 0.338 e. The fraction of sp³-hybridized carbons (Fsp3) is 0.450. The van der Waals surface area contributed by atoms with Crippen LogP contribution < -0.4 is 10.6 Å². The third-order valence-electron chi connectivity index (χ3n) is 5.36. The van der Waals surface area contributed by atoms with Crippen LogP contribution in [0.3, 0.4) is 0 Å². The van der Waals surface area contributed by atoms with E-state index in [0.29, 0.717) is 23.6 Å². The lowest BCUT2D eigenvalue weighted by molar-refractivity contribution is -0.139. The maximum absolute atomic E-state index is 12.8. The van der Waals surface area contributed by atoms with Gasteiger partial charge in [0.25, 0.3) is 0 Å². The topological polar surface area (TPSA) is 102 Å². The van der Waals surface area contributed by atoms with Crippen molar-refractivity contribution in [3.63, 3.8) is 0 Å². The van der Waals surface area contributed by atoms with Crippen LogP contribution in [-0.4, -0.2) is 46.1 Å². The molecule has 2 aliphatic heterocycles. The average molecular weight is 399 g/mol. The van der Waals surface area contributed by atoms with E-state index in [2.05, 4.69) is 20.5 Å². The van der Waals surface area contributed by atoms with Crippen LogP contribution >= 0.6 is 0 Å². The number of ether oxygens (including phenoxy) is 1. The highest BCUT2D eigenvalue weighted by Crippen LogP contribution is 2.34. The van der Waals surface area contributed by atoms with Gasteiger partial charge in [-0.1, -0.05) is 0 Å². The highest BCUT2D eigenvalue weighted by atomic mass is 16.5. The number of nitrogens with one attached hydrogen (secondary N) is 2. The minimum Gasteiger partial charge on any atom is -0.467 e. The number of rotatable bonds is 6. The fourth-order valence-corrected chi connectivity index (χ4v) is 4.07. The number of imidazole rings is 1. The van der Waals surface area contributed by atoms with E-state index in [1.165, 1.54) is 6.26 Å². The molecular weight excluding hydrogens is 374 g/mol. The van der Waals surface area contributed by atoms with E-state index >= 15 is 0 Å². The second kappa shape index (κ2) is 8.12. The van der Waals surface area contributed by atoms with Crippen LogP contribution in [0.2, 0.25) is 0 Å². The Kier molecular flexibility index (Phi) is 5.39. The molecule has 0 spiro atoms. The molecule has 0 unspecified atom stereocenters. The maximum Gasteiger partial charge on any atom is 0.338 e. The van der Waals surface area contributed by atoms with Gasteiger partial charge in [-0.25, -0.2) is 14.6 Å². The average Bonchev–Trinajstić information content (AvgIpc) is 3.43. The van der Waals surface area contributed by atoms with Gasteiger partial charge in [-0.05, 0) is 38.4 Å². The lowest BCUT2D eigenvalue weighted by Crippen LogP contribution is -2.48. The van der Waals surface area contributed by atoms with E-state index < -0.39 is 12.0 Å². The molecule has 0 radical (unpaired) electrons. The van der Waals surface area contributed by atoms with Gasteiger partial charge in [0, 0.05) is 31.7 Å². The van der Waals surface area contributed by atoms with E-state index in [0.717, 1.165) is 25.2 Å². The summed E-state index contributed by atoms with van der Waals surface area (Å²) in [6, 6.07) is 2.52. The number of furan rings is 1. The van der Waals surface area contributed by atoms with E-state index in [-0.39, 0.29) is 18.7 Å². The van der Waals surface area contributed by atoms with Crippen molar-refractivity contribution in [2.75, 3.05) is 19.7 Å². The molecule has 2 amide bonds. The molecule has 0 saturated carbocycles. The number of esters is 1. The minimum atomic E-state index is -0.693. The molecule has 2 aliphatic rings. The highest BCUT2D eigenvalue weighted by molar-refractivity contribution is 5.95. The van der Waals surface area contributed by atoms with Crippen LogP contribution in [0.15, 0.2) is 46.5 Å². The van der Waals surface area contributed by atoms with Gasteiger partial charge in [-0.3, -0.25) is 4.90 Å². The summed E-state index contributed by atoms with van der Waals surface area (Å²) >= 11 is 0. The van der Waals surface area contributed by atoms with Gasteiger partial charge < -0.3 is 24.4 Å². The van der Waals surface area contributed by atoms with Crippen LogP contribution in [0.25, 0.3) is 0 Å². The summed E-state index contributed by atoms with van der Waals surface area (Å²) in [5.41, 5.74) is 0.904. The zero-order valence-electron chi connectivity index (χ0n) is 16.6. The van der Waals surface area contributed by atoms with Crippen LogP contribution in [-0.2, 0) is 16.6 Å². The number of urea groups is 1. The van der Waals surface area contributed by atoms with Crippen molar-refractivity contribution in [2.24, 2.45) is 7.05 Å². The third kappa shape index (κ3) is 3.77. The Morgan fingerprint density at radius 1 is 1.45 bits per heavy atom. The molecule has 1 fully saturated rings. The summed E-state index contributed by atoms with van der Waals surface area (Å²) in [5.74, 6) is 0.996. The quantitative estimate of drug-likeness (QED) is 0.721. The summed E-state index contributed by atoms with van der Waals surface area (Å²) in [6.07, 6.45) is 7.22. The zero-order valence-corrected chi connectivity index (χ0v) is 16.6. The Hall–Kier alpha value is -3.07. The summed E-state index contributed by atoms with van der Waals surface area (Å²) in [5, 5.41) is 5.60. The number of carbonyl (C=O) groups is 2. The van der Waals surface area contributed by atoms with Crippen molar-refractivity contribution < 1.29 is 18.7 Å². The largest absolute Gasteiger partial charge is 0.467 e. The molecule has 2 aromatic heterocycles. The summed E-state index contributed by atoms with van der Waals surface area (Å²) in [6.45, 7) is 3.27. The molecule has 2 aromatic rings. The molecule has 9 heteroatoms. The first-order chi connectivity index (χ1) is 14.1. The molecule has 0 aliphatic carbocycles. The van der Waals surface area contributed by atoms with E-state index in [1.807, 2.05) is 17.8 Å². The van der Waals surface area contributed by atoms with Crippen LogP contribution in [0, 0.1) is 0 Å². The molecule has 0 aromatic carbocycles. The molecule has 2 N–H and O–H groups in total. The van der Waals surface area contributed by atoms with Crippen molar-refractivity contribution in [1.82, 2.24) is 25.1 Å². The predicted octanol–water partition coefficient (Wildman–Crippen LogP) is 2.02. The van der Waals surface area contributed by atoms with Crippen LogP contribution in [0.4, 0.5) is 4.79 Å². The molecule has 9 nitrogen and oxygen atoms in total. The summed E-state index contributed by atoms with van der Waals surface area (Å²) < 4.78 is 12.8. The Balaban J connectivity index is 1.69. The summed E-state index contributed by atoms with van der Waals surface area (Å²) in [7, 11) is 1.97. The first-order valence-electron chi connectivity index (χ1n) is 9.80. The lowest BCUT2D eigenvalue weighted by Gasteiger charge is -2.31. The monoisotopic (exact) mass is 399 g/mol. The number of aromatic nitrogens is 2. The fourth-order valence-electron chi connectivity index (χ4n) is 4.07. The lowest BCUT2D eigenvalue weighted by atomic mass is 9.99. The van der Waals surface area contributed by atoms with Gasteiger partial charge in [0.1, 0.15) is 17.6 Å². The summed E-state index contributed by atoms with van der Waals surface area (Å²) in [4.78, 5) is 31.9. The first-order valence-corrected chi connectivity index (χ1v) is 9.80. The van der Waals surface area contributed by atoms with Crippen LogP contribution in [0.1, 0.15) is 43.4 Å². The second-order valence-electron chi connectivity index (χ2n) is 7.18. The van der Waals surface area contributed by atoms with Gasteiger partial charge in [0.2, 0.25) is 0 Å². The van der Waals surface area contributed by atoms with E-state index in [9.17, 15) is 9.59 Å². The first kappa shape index (κ1) is 19.3. The Bertz CT molecular complexity index is 917. The molecule has 154 valence electrons. The number of nitrogens with zero attached hydrogens (tertiary/aromatic N) is 3. The van der Waals surface area contributed by atoms with Crippen molar-refractivity contribution in [1.29, 1.82) is 0 Å². The third-order valence-corrected chi connectivity index (χ3v) is 5.36. The molecule has 29 heavy (non-hydrogen) atoms. The highest BCUT2D eigenvalue weighted by Gasteiger charge is 2.37. The number of amides is 2. The molecule has 4 rings (SSSR count). The minimum absolute atomic E-state index is 0.125. The molecule has 1 saturated heterocycles. The van der Waals surface area contributed by atoms with Crippen LogP contribution in [0.5, 0.6) is 0 Å². The van der Waals surface area contributed by atoms with Gasteiger partial charge >= 0.3 is 12.0 Å². The number of carbonyl (C=O) groups excluding carboxylic acids is 2. The second-order valence-corrected chi connectivity index (χ2v) is 7.18. The van der Waals surface area contributed by atoms with Crippen molar-refractivity contribution in [3.8, 4) is 0 Å². The molecule has 0 bridgehead atoms. The Morgan fingerprint density at radius 2 is 2.31 bits per heavy atom. The van der Waals surface area contributed by atoms with Gasteiger partial charge in [0.05, 0.1) is 24.5 Å². The van der Waals surface area contributed by atoms with E-state index in [4.69, 9.17) is 9.15 Å². The van der Waals surface area contributed by atoms with Crippen molar-refractivity contribution >= 4 is 12.0 Å². The standard InChI is InChI=1S/C20H25N5O4/c1-3-28-19(26)16-13(22-20(27)23-17(16)15-7-5-11-29-15)12-25-9-4-6-14(25)18-21-8-10-24(18)2/h5,7-8,10-11,14,17H,3-4,6,9,12H2,1-2H3,(H2,22,23,27)/t14-,17+/m1/s1. The SMILES string of the molecule is CCOC(=O)C1=C(CN2CCC[C@@H]2c2nccn2C)NC(=O)N[C@H]1c1ccco1. The number of hydrogen-bond donors (Lipinski definition) is 2. The van der Waals surface area contributed by atoms with E-state index in [1.54, 1.807) is 25.3 Å². The van der Waals surface area contributed by atoms with Gasteiger partial charge in [-0.15, -0.1) is 0 Å². The maximum atomic E-state index is 12.8. The molecule has 4 heterocycles. The predicted molar refractivity (Wildman–Crippen MR) is 104 cm³/mol. The molecule has 2 atom stereocenters. The van der Waals surface area contributed by atoms with Gasteiger partial charge in [-0.2, -0.15) is 0 Å². The Labute approximate surface area is 168 Å². The van der Waals surface area contributed by atoms with Crippen molar-refractivity contribution in [3.05, 3.63) is 53.6 Å².